The normalized spacial score (nSPS) is 17.0. The van der Waals surface area contributed by atoms with Crippen molar-refractivity contribution in [1.82, 2.24) is 9.55 Å². The highest BCUT2D eigenvalue weighted by Crippen LogP contribution is 2.40. The maximum Gasteiger partial charge on any atom is 0.127 e. The third-order valence-corrected chi connectivity index (χ3v) is 4.05. The van der Waals surface area contributed by atoms with Gasteiger partial charge in [-0.25, -0.2) is 4.98 Å². The van der Waals surface area contributed by atoms with Crippen molar-refractivity contribution >= 4 is 27.0 Å². The van der Waals surface area contributed by atoms with E-state index in [0.29, 0.717) is 12.6 Å². The highest BCUT2D eigenvalue weighted by molar-refractivity contribution is 9.10. The molecule has 5 heteroatoms. The fraction of sp³-hybridized carbons (Fsp3) is 0.500. The highest BCUT2D eigenvalue weighted by atomic mass is 79.9. The van der Waals surface area contributed by atoms with Crippen LogP contribution in [0.1, 0.15) is 37.2 Å². The molecule has 0 saturated heterocycles. The van der Waals surface area contributed by atoms with Gasteiger partial charge < -0.3 is 15.0 Å². The molecule has 1 aliphatic carbocycles. The second-order valence-electron chi connectivity index (χ2n) is 5.09. The van der Waals surface area contributed by atoms with Gasteiger partial charge in [0.1, 0.15) is 5.82 Å². The SMILES string of the molecule is COCCC(N)c1nc2cc(Br)ccc2n1C1CC1. The number of benzene rings is 1. The lowest BCUT2D eigenvalue weighted by Crippen LogP contribution is -2.18. The number of nitrogens with zero attached hydrogens (tertiary/aromatic N) is 2. The topological polar surface area (TPSA) is 53.1 Å². The highest BCUT2D eigenvalue weighted by Gasteiger charge is 2.29. The van der Waals surface area contributed by atoms with Gasteiger partial charge in [0.2, 0.25) is 0 Å². The minimum absolute atomic E-state index is 0.0632. The van der Waals surface area contributed by atoms with E-state index in [2.05, 4.69) is 38.7 Å². The number of aromatic nitrogens is 2. The first-order chi connectivity index (χ1) is 9.20. The molecule has 1 atom stereocenters. The van der Waals surface area contributed by atoms with Crippen LogP contribution in [0, 0.1) is 0 Å². The van der Waals surface area contributed by atoms with Crippen molar-refractivity contribution in [1.29, 1.82) is 0 Å². The van der Waals surface area contributed by atoms with Crippen LogP contribution in [0.5, 0.6) is 0 Å². The van der Waals surface area contributed by atoms with E-state index in [4.69, 9.17) is 15.5 Å². The molecule has 0 aliphatic heterocycles. The molecule has 3 rings (SSSR count). The van der Waals surface area contributed by atoms with Crippen molar-refractivity contribution in [3.05, 3.63) is 28.5 Å². The Labute approximate surface area is 121 Å². The van der Waals surface area contributed by atoms with Crippen LogP contribution in [0.4, 0.5) is 0 Å². The van der Waals surface area contributed by atoms with Gasteiger partial charge in [-0.3, -0.25) is 0 Å². The number of hydrogen-bond donors (Lipinski definition) is 1. The van der Waals surface area contributed by atoms with Crippen LogP contribution in [-0.2, 0) is 4.74 Å². The zero-order valence-corrected chi connectivity index (χ0v) is 12.6. The predicted molar refractivity (Wildman–Crippen MR) is 79.1 cm³/mol. The van der Waals surface area contributed by atoms with Crippen molar-refractivity contribution in [2.75, 3.05) is 13.7 Å². The molecule has 1 aromatic heterocycles. The van der Waals surface area contributed by atoms with Gasteiger partial charge in [0, 0.05) is 24.2 Å². The molecule has 0 spiro atoms. The maximum atomic E-state index is 6.27. The fourth-order valence-corrected chi connectivity index (χ4v) is 2.79. The molecule has 19 heavy (non-hydrogen) atoms. The first-order valence-corrected chi connectivity index (χ1v) is 7.42. The van der Waals surface area contributed by atoms with Crippen molar-refractivity contribution < 1.29 is 4.74 Å². The number of halogens is 1. The van der Waals surface area contributed by atoms with E-state index in [-0.39, 0.29) is 6.04 Å². The Morgan fingerprint density at radius 2 is 2.32 bits per heavy atom. The summed E-state index contributed by atoms with van der Waals surface area (Å²) >= 11 is 3.50. The summed E-state index contributed by atoms with van der Waals surface area (Å²) in [7, 11) is 1.70. The Morgan fingerprint density at radius 1 is 1.53 bits per heavy atom. The van der Waals surface area contributed by atoms with Gasteiger partial charge in [0.15, 0.2) is 0 Å². The maximum absolute atomic E-state index is 6.27. The third kappa shape index (κ3) is 2.55. The first-order valence-electron chi connectivity index (χ1n) is 6.62. The second kappa shape index (κ2) is 5.23. The molecule has 1 saturated carbocycles. The molecular weight excluding hydrogens is 306 g/mol. The minimum atomic E-state index is -0.0632. The summed E-state index contributed by atoms with van der Waals surface area (Å²) in [6, 6.07) is 6.76. The number of nitrogens with two attached hydrogens (primary N) is 1. The summed E-state index contributed by atoms with van der Waals surface area (Å²) in [5, 5.41) is 0. The van der Waals surface area contributed by atoms with Crippen LogP contribution in [0.15, 0.2) is 22.7 Å². The van der Waals surface area contributed by atoms with Crippen molar-refractivity contribution in [2.45, 2.75) is 31.3 Å². The van der Waals surface area contributed by atoms with Crippen LogP contribution in [0.25, 0.3) is 11.0 Å². The second-order valence-corrected chi connectivity index (χ2v) is 6.01. The number of rotatable bonds is 5. The van der Waals surface area contributed by atoms with Gasteiger partial charge in [0.05, 0.1) is 17.1 Å². The molecule has 1 aliphatic rings. The van der Waals surface area contributed by atoms with E-state index in [9.17, 15) is 0 Å². The van der Waals surface area contributed by atoms with E-state index in [1.165, 1.54) is 18.4 Å². The molecule has 1 unspecified atom stereocenters. The van der Waals surface area contributed by atoms with Gasteiger partial charge in [-0.15, -0.1) is 0 Å². The lowest BCUT2D eigenvalue weighted by Gasteiger charge is -2.13. The lowest BCUT2D eigenvalue weighted by molar-refractivity contribution is 0.186. The van der Waals surface area contributed by atoms with Crippen molar-refractivity contribution in [3.8, 4) is 0 Å². The lowest BCUT2D eigenvalue weighted by atomic mass is 10.2. The van der Waals surface area contributed by atoms with Gasteiger partial charge in [-0.05, 0) is 37.5 Å². The summed E-state index contributed by atoms with van der Waals surface area (Å²) in [6.07, 6.45) is 3.25. The number of imidazole rings is 1. The molecule has 2 N–H and O–H groups in total. The molecule has 0 bridgehead atoms. The zero-order valence-electron chi connectivity index (χ0n) is 11.0. The Hall–Kier alpha value is -0.910. The Bertz CT molecular complexity index is 592. The summed E-state index contributed by atoms with van der Waals surface area (Å²) in [6.45, 7) is 0.665. The van der Waals surface area contributed by atoms with Crippen LogP contribution in [0.2, 0.25) is 0 Å². The Balaban J connectivity index is 2.04. The Kier molecular flexibility index (Phi) is 3.60. The van der Waals surface area contributed by atoms with Gasteiger partial charge in [0.25, 0.3) is 0 Å². The Morgan fingerprint density at radius 3 is 3.00 bits per heavy atom. The van der Waals surface area contributed by atoms with E-state index in [1.54, 1.807) is 7.11 Å². The molecule has 4 nitrogen and oxygen atoms in total. The molecule has 102 valence electrons. The molecule has 0 amide bonds. The van der Waals surface area contributed by atoms with E-state index in [1.807, 2.05) is 0 Å². The van der Waals surface area contributed by atoms with Crippen molar-refractivity contribution in [2.24, 2.45) is 5.73 Å². The molecule has 1 fully saturated rings. The van der Waals surface area contributed by atoms with E-state index < -0.39 is 0 Å². The summed E-state index contributed by atoms with van der Waals surface area (Å²) < 4.78 is 8.49. The van der Waals surface area contributed by atoms with Gasteiger partial charge >= 0.3 is 0 Å². The quantitative estimate of drug-likeness (QED) is 0.919. The van der Waals surface area contributed by atoms with Gasteiger partial charge in [-0.1, -0.05) is 15.9 Å². The predicted octanol–water partition coefficient (Wildman–Crippen LogP) is 3.17. The zero-order chi connectivity index (χ0) is 13.4. The van der Waals surface area contributed by atoms with Crippen LogP contribution in [0.3, 0.4) is 0 Å². The largest absolute Gasteiger partial charge is 0.385 e. The summed E-state index contributed by atoms with van der Waals surface area (Å²) in [4.78, 5) is 4.74. The molecule has 0 radical (unpaired) electrons. The van der Waals surface area contributed by atoms with Gasteiger partial charge in [-0.2, -0.15) is 0 Å². The molecule has 1 heterocycles. The summed E-state index contributed by atoms with van der Waals surface area (Å²) in [5.41, 5.74) is 8.48. The summed E-state index contributed by atoms with van der Waals surface area (Å²) in [5.74, 6) is 0.993. The average molecular weight is 324 g/mol. The average Bonchev–Trinajstić information content (AvgIpc) is 3.16. The molecule has 1 aromatic carbocycles. The number of fused-ring (bicyclic) bond motifs is 1. The van der Waals surface area contributed by atoms with Crippen molar-refractivity contribution in [3.63, 3.8) is 0 Å². The van der Waals surface area contributed by atoms with Crippen LogP contribution >= 0.6 is 15.9 Å². The fourth-order valence-electron chi connectivity index (χ4n) is 2.44. The minimum Gasteiger partial charge on any atom is -0.385 e. The number of hydrogen-bond acceptors (Lipinski definition) is 3. The standard InChI is InChI=1S/C14H18BrN3O/c1-19-7-6-11(16)14-17-12-8-9(15)2-5-13(12)18(14)10-3-4-10/h2,5,8,10-11H,3-4,6-7,16H2,1H3. The van der Waals surface area contributed by atoms with Crippen LogP contribution in [-0.4, -0.2) is 23.3 Å². The van der Waals surface area contributed by atoms with E-state index in [0.717, 1.165) is 22.2 Å². The van der Waals surface area contributed by atoms with E-state index >= 15 is 0 Å². The first kappa shape index (κ1) is 13.1. The smallest absolute Gasteiger partial charge is 0.127 e. The number of ether oxygens (including phenoxy) is 1. The molecular formula is C14H18BrN3O. The molecule has 2 aromatic rings. The van der Waals surface area contributed by atoms with Crippen LogP contribution < -0.4 is 5.73 Å². The third-order valence-electron chi connectivity index (χ3n) is 3.56. The monoisotopic (exact) mass is 323 g/mol. The number of methoxy groups -OCH3 is 1.